The lowest BCUT2D eigenvalue weighted by molar-refractivity contribution is -0.151. The highest BCUT2D eigenvalue weighted by Crippen LogP contribution is 2.20. The number of hydrogen-bond donors (Lipinski definition) is 3. The van der Waals surface area contributed by atoms with Crippen LogP contribution in [0.1, 0.15) is 348 Å². The number of hydrogen-bond acceptors (Lipinski definition) is 5. The highest BCUT2D eigenvalue weighted by atomic mass is 16.5. The summed E-state index contributed by atoms with van der Waals surface area (Å²) < 4.78 is 5.98. The van der Waals surface area contributed by atoms with Gasteiger partial charge in [-0.3, -0.25) is 9.59 Å². The summed E-state index contributed by atoms with van der Waals surface area (Å²) >= 11 is 0. The van der Waals surface area contributed by atoms with Crippen molar-refractivity contribution in [2.45, 2.75) is 366 Å². The first-order valence-corrected chi connectivity index (χ1v) is 30.3. The van der Waals surface area contributed by atoms with E-state index >= 15 is 0 Å². The standard InChI is InChI=1S/C60H119NO5/c1-4-7-10-13-16-19-22-25-28-29-30-32-35-38-41-44-47-50-53-60(65)66-56(51-48-45-42-39-36-33-31-26-23-20-17-14-11-8-5-2)54-59(64)61-57(55-62)58(63)52-49-46-43-40-37-34-27-24-21-18-15-12-9-6-3/h56-58,62-63H,4-55H2,1-3H3,(H,61,64). The maximum atomic E-state index is 13.3. The van der Waals surface area contributed by atoms with E-state index in [1.54, 1.807) is 0 Å². The van der Waals surface area contributed by atoms with Crippen molar-refractivity contribution in [1.82, 2.24) is 5.32 Å². The van der Waals surface area contributed by atoms with Crippen LogP contribution in [0.2, 0.25) is 0 Å². The lowest BCUT2D eigenvalue weighted by atomic mass is 10.0. The number of ether oxygens (including phenoxy) is 1. The maximum absolute atomic E-state index is 13.3. The lowest BCUT2D eigenvalue weighted by Gasteiger charge is -2.24. The third kappa shape index (κ3) is 49.3. The van der Waals surface area contributed by atoms with Crippen LogP contribution in [0, 0.1) is 0 Å². The number of unbranched alkanes of at least 4 members (excludes halogenated alkanes) is 44. The molecule has 0 heterocycles. The van der Waals surface area contributed by atoms with Gasteiger partial charge in [-0.25, -0.2) is 0 Å². The molecule has 6 nitrogen and oxygen atoms in total. The van der Waals surface area contributed by atoms with Crippen LogP contribution in [0.3, 0.4) is 0 Å². The largest absolute Gasteiger partial charge is 0.462 e. The van der Waals surface area contributed by atoms with Crippen molar-refractivity contribution in [3.63, 3.8) is 0 Å². The Morgan fingerprint density at radius 1 is 0.379 bits per heavy atom. The molecule has 0 aromatic rings. The van der Waals surface area contributed by atoms with E-state index in [0.717, 1.165) is 38.5 Å². The fourth-order valence-corrected chi connectivity index (χ4v) is 9.85. The summed E-state index contributed by atoms with van der Waals surface area (Å²) in [5.41, 5.74) is 0. The molecule has 6 heteroatoms. The predicted molar refractivity (Wildman–Crippen MR) is 287 cm³/mol. The van der Waals surface area contributed by atoms with Gasteiger partial charge < -0.3 is 20.3 Å². The van der Waals surface area contributed by atoms with E-state index < -0.39 is 18.2 Å². The number of amides is 1. The van der Waals surface area contributed by atoms with Gasteiger partial charge in [0.25, 0.3) is 0 Å². The molecule has 0 rings (SSSR count). The topological polar surface area (TPSA) is 95.9 Å². The minimum Gasteiger partial charge on any atom is -0.462 e. The van der Waals surface area contributed by atoms with E-state index in [1.165, 1.54) is 263 Å². The molecule has 0 aromatic heterocycles. The molecule has 66 heavy (non-hydrogen) atoms. The average molecular weight is 935 g/mol. The minimum atomic E-state index is -0.780. The smallest absolute Gasteiger partial charge is 0.306 e. The number of aliphatic hydroxyl groups excluding tert-OH is 2. The summed E-state index contributed by atoms with van der Waals surface area (Å²) in [4.78, 5) is 26.3. The Kier molecular flexibility index (Phi) is 53.8. The van der Waals surface area contributed by atoms with E-state index in [2.05, 4.69) is 26.1 Å². The molecule has 0 spiro atoms. The van der Waals surface area contributed by atoms with E-state index in [4.69, 9.17) is 4.74 Å². The molecular formula is C60H119NO5. The summed E-state index contributed by atoms with van der Waals surface area (Å²) in [5.74, 6) is -0.442. The van der Waals surface area contributed by atoms with Gasteiger partial charge in [0.05, 0.1) is 25.2 Å². The van der Waals surface area contributed by atoms with Crippen LogP contribution in [-0.2, 0) is 14.3 Å². The third-order valence-electron chi connectivity index (χ3n) is 14.4. The van der Waals surface area contributed by atoms with Crippen LogP contribution in [-0.4, -0.2) is 46.9 Å². The van der Waals surface area contributed by atoms with Crippen molar-refractivity contribution < 1.29 is 24.5 Å². The van der Waals surface area contributed by atoms with E-state index in [9.17, 15) is 19.8 Å². The molecule has 394 valence electrons. The van der Waals surface area contributed by atoms with Gasteiger partial charge in [-0.2, -0.15) is 0 Å². The second-order valence-electron chi connectivity index (χ2n) is 21.1. The van der Waals surface area contributed by atoms with Crippen LogP contribution in [0.4, 0.5) is 0 Å². The quantitative estimate of drug-likeness (QED) is 0.0417. The molecule has 0 saturated heterocycles. The zero-order valence-electron chi connectivity index (χ0n) is 45.1. The van der Waals surface area contributed by atoms with Crippen molar-refractivity contribution in [3.8, 4) is 0 Å². The van der Waals surface area contributed by atoms with Crippen LogP contribution in [0.15, 0.2) is 0 Å². The summed E-state index contributed by atoms with van der Waals surface area (Å²) in [6.45, 7) is 6.55. The van der Waals surface area contributed by atoms with E-state index in [0.29, 0.717) is 19.3 Å². The van der Waals surface area contributed by atoms with Crippen molar-refractivity contribution in [2.24, 2.45) is 0 Å². The van der Waals surface area contributed by atoms with E-state index in [1.807, 2.05) is 0 Å². The first kappa shape index (κ1) is 64.9. The molecular weight excluding hydrogens is 815 g/mol. The monoisotopic (exact) mass is 934 g/mol. The minimum absolute atomic E-state index is 0.0888. The molecule has 0 saturated carbocycles. The van der Waals surface area contributed by atoms with Gasteiger partial charge in [-0.1, -0.05) is 310 Å². The van der Waals surface area contributed by atoms with Crippen LogP contribution >= 0.6 is 0 Å². The molecule has 3 unspecified atom stereocenters. The molecule has 1 amide bonds. The number of carbonyl (C=O) groups excluding carboxylic acids is 2. The van der Waals surface area contributed by atoms with Crippen LogP contribution in [0.5, 0.6) is 0 Å². The zero-order chi connectivity index (χ0) is 48.1. The molecule has 0 aliphatic carbocycles. The van der Waals surface area contributed by atoms with Gasteiger partial charge in [-0.15, -0.1) is 0 Å². The number of rotatable bonds is 56. The van der Waals surface area contributed by atoms with Crippen LogP contribution < -0.4 is 5.32 Å². The normalized spacial score (nSPS) is 13.0. The molecule has 0 aromatic carbocycles. The van der Waals surface area contributed by atoms with Gasteiger partial charge in [-0.05, 0) is 25.7 Å². The molecule has 0 radical (unpaired) electrons. The Morgan fingerprint density at radius 3 is 0.924 bits per heavy atom. The molecule has 0 fully saturated rings. The number of nitrogens with one attached hydrogen (secondary N) is 1. The maximum Gasteiger partial charge on any atom is 0.306 e. The fourth-order valence-electron chi connectivity index (χ4n) is 9.85. The average Bonchev–Trinajstić information content (AvgIpc) is 3.31. The third-order valence-corrected chi connectivity index (χ3v) is 14.4. The Balaban J connectivity index is 4.46. The molecule has 0 aliphatic heterocycles. The van der Waals surface area contributed by atoms with Gasteiger partial charge in [0.2, 0.25) is 5.91 Å². The second kappa shape index (κ2) is 54.8. The summed E-state index contributed by atoms with van der Waals surface area (Å²) in [7, 11) is 0. The Labute approximate surface area is 413 Å². The fraction of sp³-hybridized carbons (Fsp3) is 0.967. The van der Waals surface area contributed by atoms with Crippen molar-refractivity contribution >= 4 is 11.9 Å². The van der Waals surface area contributed by atoms with Gasteiger partial charge in [0, 0.05) is 6.42 Å². The number of esters is 1. The zero-order valence-corrected chi connectivity index (χ0v) is 45.1. The summed E-state index contributed by atoms with van der Waals surface area (Å²) in [5, 5.41) is 23.9. The Hall–Kier alpha value is -1.14. The Morgan fingerprint density at radius 2 is 0.636 bits per heavy atom. The summed E-state index contributed by atoms with van der Waals surface area (Å²) in [6.07, 6.45) is 61.7. The predicted octanol–water partition coefficient (Wildman–Crippen LogP) is 18.7. The van der Waals surface area contributed by atoms with E-state index in [-0.39, 0.29) is 24.9 Å². The van der Waals surface area contributed by atoms with Crippen LogP contribution in [0.25, 0.3) is 0 Å². The van der Waals surface area contributed by atoms with Gasteiger partial charge in [0.1, 0.15) is 6.10 Å². The molecule has 0 bridgehead atoms. The molecule has 3 N–H and O–H groups in total. The highest BCUT2D eigenvalue weighted by molar-refractivity contribution is 5.77. The van der Waals surface area contributed by atoms with Crippen molar-refractivity contribution in [1.29, 1.82) is 0 Å². The second-order valence-corrected chi connectivity index (χ2v) is 21.1. The van der Waals surface area contributed by atoms with Gasteiger partial charge >= 0.3 is 5.97 Å². The first-order valence-electron chi connectivity index (χ1n) is 30.3. The Bertz CT molecular complexity index is 959. The molecule has 0 aliphatic rings. The molecule has 3 atom stereocenters. The SMILES string of the molecule is CCCCCCCCCCCCCCCCCCCCC(=O)OC(CCCCCCCCCCCCCCCCC)CC(=O)NC(CO)C(O)CCCCCCCCCCCCCCCC. The highest BCUT2D eigenvalue weighted by Gasteiger charge is 2.24. The van der Waals surface area contributed by atoms with Crippen molar-refractivity contribution in [3.05, 3.63) is 0 Å². The summed E-state index contributed by atoms with van der Waals surface area (Å²) in [6, 6.07) is -0.693. The first-order chi connectivity index (χ1) is 32.5. The van der Waals surface area contributed by atoms with Gasteiger partial charge in [0.15, 0.2) is 0 Å². The van der Waals surface area contributed by atoms with Crippen molar-refractivity contribution in [2.75, 3.05) is 6.61 Å². The number of aliphatic hydroxyl groups is 2. The number of carbonyl (C=O) groups is 2. The lowest BCUT2D eigenvalue weighted by Crippen LogP contribution is -2.46.